The van der Waals surface area contributed by atoms with Crippen LogP contribution in [0.25, 0.3) is 10.9 Å². The highest BCUT2D eigenvalue weighted by molar-refractivity contribution is 9.10. The number of piperazine rings is 2. The summed E-state index contributed by atoms with van der Waals surface area (Å²) in [5.41, 5.74) is 5.84. The summed E-state index contributed by atoms with van der Waals surface area (Å²) in [6.07, 6.45) is 3.65. The molecule has 2 aliphatic heterocycles. The van der Waals surface area contributed by atoms with E-state index in [1.807, 2.05) is 51.1 Å². The van der Waals surface area contributed by atoms with Crippen LogP contribution in [0, 0.1) is 12.8 Å². The van der Waals surface area contributed by atoms with E-state index in [1.165, 1.54) is 6.92 Å². The quantitative estimate of drug-likeness (QED) is 0.139. The van der Waals surface area contributed by atoms with Crippen LogP contribution < -0.4 is 30.2 Å². The van der Waals surface area contributed by atoms with Crippen molar-refractivity contribution in [3.05, 3.63) is 92.0 Å². The van der Waals surface area contributed by atoms with E-state index in [1.54, 1.807) is 6.07 Å². The van der Waals surface area contributed by atoms with E-state index in [9.17, 15) is 9.59 Å². The van der Waals surface area contributed by atoms with E-state index in [2.05, 4.69) is 71.3 Å². The van der Waals surface area contributed by atoms with Gasteiger partial charge in [-0.05, 0) is 114 Å². The Bertz CT molecular complexity index is 2570. The first-order chi connectivity index (χ1) is 30.2. The molecule has 9 rings (SSSR count). The summed E-state index contributed by atoms with van der Waals surface area (Å²) in [5, 5.41) is 7.83. The number of hydrogen-bond donors (Lipinski definition) is 2. The van der Waals surface area contributed by atoms with Crippen LogP contribution in [0.5, 0.6) is 0 Å². The third kappa shape index (κ3) is 9.93. The number of carbonyl (C=O) groups excluding carboxylic acids is 2. The molecule has 4 heterocycles. The second-order valence-corrected chi connectivity index (χ2v) is 19.9. The molecular weight excluding hydrogens is 903 g/mol. The summed E-state index contributed by atoms with van der Waals surface area (Å²) in [7, 11) is 0. The molecule has 2 aliphatic carbocycles. The van der Waals surface area contributed by atoms with Crippen LogP contribution in [0.3, 0.4) is 0 Å². The van der Waals surface area contributed by atoms with Crippen molar-refractivity contribution in [3.8, 4) is 0 Å². The van der Waals surface area contributed by atoms with E-state index in [0.717, 1.165) is 139 Å². The van der Waals surface area contributed by atoms with Crippen LogP contribution in [-0.4, -0.2) is 89.9 Å². The number of fused-ring (bicyclic) bond motifs is 1. The molecule has 2 unspecified atom stereocenters. The maximum absolute atomic E-state index is 12.3. The topological polar surface area (TPSA) is 132 Å². The lowest BCUT2D eigenvalue weighted by atomic mass is 10.1. The maximum atomic E-state index is 12.3. The van der Waals surface area contributed by atoms with E-state index in [0.29, 0.717) is 33.3 Å². The van der Waals surface area contributed by atoms with Gasteiger partial charge in [-0.15, -0.1) is 0 Å². The minimum Gasteiger partial charge on any atom is -0.444 e. The Labute approximate surface area is 387 Å². The Kier molecular flexibility index (Phi) is 12.1. The molecule has 0 radical (unpaired) electrons. The van der Waals surface area contributed by atoms with E-state index >= 15 is 0 Å². The van der Waals surface area contributed by atoms with Crippen molar-refractivity contribution >= 4 is 96.4 Å². The Balaban J connectivity index is 0.883. The number of nitrogens with zero attached hydrogens (tertiary/aromatic N) is 8. The molecule has 2 saturated carbocycles. The number of carbonyl (C=O) groups is 2. The van der Waals surface area contributed by atoms with Crippen LogP contribution in [0.15, 0.2) is 59.1 Å². The molecule has 0 bridgehead atoms. The van der Waals surface area contributed by atoms with Gasteiger partial charge in [-0.2, -0.15) is 0 Å². The smallest absolute Gasteiger partial charge is 0.412 e. The molecule has 16 heteroatoms. The number of ether oxygens (including phenoxy) is 1. The number of rotatable bonds is 10. The molecule has 330 valence electrons. The van der Waals surface area contributed by atoms with Gasteiger partial charge in [-0.3, -0.25) is 10.1 Å². The number of nitrogens with one attached hydrogen (secondary N) is 2. The average molecular weight is 957 g/mol. The number of hydrogen-bond acceptors (Lipinski definition) is 11. The summed E-state index contributed by atoms with van der Waals surface area (Å²) >= 11 is 17.2. The van der Waals surface area contributed by atoms with Crippen molar-refractivity contribution in [2.24, 2.45) is 5.92 Å². The van der Waals surface area contributed by atoms with E-state index < -0.39 is 11.7 Å². The number of amides is 2. The van der Waals surface area contributed by atoms with E-state index in [4.69, 9.17) is 47.9 Å². The lowest BCUT2D eigenvalue weighted by molar-refractivity contribution is -0.114. The van der Waals surface area contributed by atoms with Crippen LogP contribution >= 0.6 is 39.1 Å². The maximum Gasteiger partial charge on any atom is 0.412 e. The number of anilines is 6. The Morgan fingerprint density at radius 1 is 0.746 bits per heavy atom. The summed E-state index contributed by atoms with van der Waals surface area (Å²) in [6.45, 7) is 15.5. The first-order valence-electron chi connectivity index (χ1n) is 21.9. The zero-order valence-electron chi connectivity index (χ0n) is 36.3. The lowest BCUT2D eigenvalue weighted by Gasteiger charge is -2.38. The van der Waals surface area contributed by atoms with Crippen molar-refractivity contribution in [2.45, 2.75) is 77.7 Å². The molecule has 2 N–H and O–H groups in total. The zero-order chi connectivity index (χ0) is 44.2. The zero-order valence-corrected chi connectivity index (χ0v) is 39.4. The minimum atomic E-state index is -0.594. The van der Waals surface area contributed by atoms with Crippen LogP contribution in [0.4, 0.5) is 39.2 Å². The van der Waals surface area contributed by atoms with E-state index in [-0.39, 0.29) is 11.8 Å². The lowest BCUT2D eigenvalue weighted by Crippen LogP contribution is -2.47. The van der Waals surface area contributed by atoms with Crippen molar-refractivity contribution in [2.75, 3.05) is 82.6 Å². The Hall–Kier alpha value is -4.92. The minimum absolute atomic E-state index is 0.120. The molecule has 2 aromatic heterocycles. The van der Waals surface area contributed by atoms with Gasteiger partial charge in [0.25, 0.3) is 0 Å². The second kappa shape index (κ2) is 17.6. The standard InChI is InChI=1S/C47H53BrCl2N10O3/c1-27-39(54-42(29-6-7-29)55-44(27)59-18-14-57(15-19-59)40-12-9-32(25-36(40)49)51-28(2)61)23-30-22-34(30)43-53-38-11-8-31(48)24-35(38)45(56-43)60-20-16-58(17-21-60)41-13-10-33(26-37(41)50)52-46(62)63-47(3,4)5/h8-13,24-26,29-30,34H,6-7,14-23H2,1-5H3,(H,51,61)(H,52,62). The molecule has 2 atom stereocenters. The molecule has 63 heavy (non-hydrogen) atoms. The molecule has 4 fully saturated rings. The monoisotopic (exact) mass is 954 g/mol. The summed E-state index contributed by atoms with van der Waals surface area (Å²) in [4.78, 5) is 54.2. The summed E-state index contributed by atoms with van der Waals surface area (Å²) < 4.78 is 6.40. The Morgan fingerprint density at radius 3 is 1.89 bits per heavy atom. The van der Waals surface area contributed by atoms with Gasteiger partial charge in [0.1, 0.15) is 28.9 Å². The fourth-order valence-electron chi connectivity index (χ4n) is 8.77. The predicted molar refractivity (Wildman–Crippen MR) is 256 cm³/mol. The third-order valence-electron chi connectivity index (χ3n) is 12.2. The van der Waals surface area contributed by atoms with Gasteiger partial charge >= 0.3 is 6.09 Å². The normalized spacial score (nSPS) is 19.0. The van der Waals surface area contributed by atoms with Crippen molar-refractivity contribution < 1.29 is 14.3 Å². The highest BCUT2D eigenvalue weighted by Gasteiger charge is 2.42. The van der Waals surface area contributed by atoms with Gasteiger partial charge in [0.05, 0.1) is 26.9 Å². The SMILES string of the molecule is CC(=O)Nc1ccc(N2CCN(c3nc(C4CC4)nc(CC4CC4c4nc(N5CCN(c6ccc(NC(=O)OC(C)(C)C)cc6Cl)CC5)c5cc(Br)ccc5n4)c3C)CC2)c(Cl)c1. The van der Waals surface area contributed by atoms with Crippen LogP contribution in [0.2, 0.25) is 10.0 Å². The summed E-state index contributed by atoms with van der Waals surface area (Å²) in [6, 6.07) is 17.6. The number of aromatic nitrogens is 4. The van der Waals surface area contributed by atoms with Gasteiger partial charge < -0.3 is 29.7 Å². The highest BCUT2D eigenvalue weighted by Crippen LogP contribution is 2.50. The second-order valence-electron chi connectivity index (χ2n) is 18.2. The van der Waals surface area contributed by atoms with Crippen molar-refractivity contribution in [1.82, 2.24) is 19.9 Å². The molecule has 3 aromatic carbocycles. The fraction of sp³-hybridized carbons (Fsp3) is 0.447. The Morgan fingerprint density at radius 2 is 1.32 bits per heavy atom. The van der Waals surface area contributed by atoms with Gasteiger partial charge in [-0.25, -0.2) is 24.7 Å². The van der Waals surface area contributed by atoms with Gasteiger partial charge in [0, 0.05) is 104 Å². The third-order valence-corrected chi connectivity index (χ3v) is 13.3. The highest BCUT2D eigenvalue weighted by atomic mass is 79.9. The molecular formula is C47H53BrCl2N10O3. The largest absolute Gasteiger partial charge is 0.444 e. The van der Waals surface area contributed by atoms with Crippen LogP contribution in [0.1, 0.15) is 81.7 Å². The molecule has 13 nitrogen and oxygen atoms in total. The predicted octanol–water partition coefficient (Wildman–Crippen LogP) is 9.98. The number of benzene rings is 3. The average Bonchev–Trinajstić information content (AvgIpc) is 4.18. The number of halogens is 3. The van der Waals surface area contributed by atoms with Gasteiger partial charge in [0.2, 0.25) is 5.91 Å². The molecule has 2 amide bonds. The van der Waals surface area contributed by atoms with Crippen molar-refractivity contribution in [3.63, 3.8) is 0 Å². The molecule has 5 aromatic rings. The van der Waals surface area contributed by atoms with Gasteiger partial charge in [0.15, 0.2) is 0 Å². The molecule has 4 aliphatic rings. The molecule has 2 saturated heterocycles. The van der Waals surface area contributed by atoms with Crippen LogP contribution in [-0.2, 0) is 16.0 Å². The fourth-order valence-corrected chi connectivity index (χ4v) is 9.73. The first kappa shape index (κ1) is 43.3. The molecule has 0 spiro atoms. The van der Waals surface area contributed by atoms with Crippen molar-refractivity contribution in [1.29, 1.82) is 0 Å². The first-order valence-corrected chi connectivity index (χ1v) is 23.4. The van der Waals surface area contributed by atoms with Gasteiger partial charge in [-0.1, -0.05) is 39.1 Å². The summed E-state index contributed by atoms with van der Waals surface area (Å²) in [5.74, 6) is 4.85.